The lowest BCUT2D eigenvalue weighted by molar-refractivity contribution is 0.507. The van der Waals surface area contributed by atoms with Crippen LogP contribution in [0.1, 0.15) is 5.56 Å². The monoisotopic (exact) mass is 169 g/mol. The van der Waals surface area contributed by atoms with E-state index in [1.807, 2.05) is 0 Å². The van der Waals surface area contributed by atoms with E-state index in [-0.39, 0.29) is 0 Å². The van der Waals surface area contributed by atoms with E-state index in [4.69, 9.17) is 5.73 Å². The standard InChI is InChI=1S/C9H9F2N/c1-6(12)4-7-2-3-8(10)9(11)5-7/h2-3,5H,1,4,12H2. The van der Waals surface area contributed by atoms with Crippen molar-refractivity contribution in [2.45, 2.75) is 6.42 Å². The Labute approximate surface area is 69.5 Å². The first-order chi connectivity index (χ1) is 5.59. The highest BCUT2D eigenvalue weighted by Crippen LogP contribution is 2.10. The quantitative estimate of drug-likeness (QED) is 0.719. The van der Waals surface area contributed by atoms with E-state index in [0.29, 0.717) is 17.7 Å². The van der Waals surface area contributed by atoms with Gasteiger partial charge in [0.2, 0.25) is 0 Å². The van der Waals surface area contributed by atoms with Crippen LogP contribution in [0.3, 0.4) is 0 Å². The minimum atomic E-state index is -0.853. The number of nitrogens with two attached hydrogens (primary N) is 1. The van der Waals surface area contributed by atoms with Crippen molar-refractivity contribution in [2.24, 2.45) is 5.73 Å². The van der Waals surface area contributed by atoms with Crippen LogP contribution < -0.4 is 5.73 Å². The molecule has 0 unspecified atom stereocenters. The van der Waals surface area contributed by atoms with Gasteiger partial charge in [0.25, 0.3) is 0 Å². The largest absolute Gasteiger partial charge is 0.402 e. The summed E-state index contributed by atoms with van der Waals surface area (Å²) in [6, 6.07) is 3.68. The van der Waals surface area contributed by atoms with Crippen LogP contribution in [0.2, 0.25) is 0 Å². The van der Waals surface area contributed by atoms with E-state index in [9.17, 15) is 8.78 Å². The predicted molar refractivity (Wildman–Crippen MR) is 43.4 cm³/mol. The smallest absolute Gasteiger partial charge is 0.159 e. The van der Waals surface area contributed by atoms with Crippen LogP contribution >= 0.6 is 0 Å². The summed E-state index contributed by atoms with van der Waals surface area (Å²) >= 11 is 0. The molecule has 0 saturated carbocycles. The zero-order chi connectivity index (χ0) is 9.14. The van der Waals surface area contributed by atoms with Crippen LogP contribution in [0, 0.1) is 11.6 Å². The topological polar surface area (TPSA) is 26.0 Å². The van der Waals surface area contributed by atoms with Crippen molar-refractivity contribution in [1.82, 2.24) is 0 Å². The van der Waals surface area contributed by atoms with Crippen LogP contribution in [0.4, 0.5) is 8.78 Å². The summed E-state index contributed by atoms with van der Waals surface area (Å²) in [6.45, 7) is 3.46. The molecule has 1 aromatic rings. The van der Waals surface area contributed by atoms with Crippen molar-refractivity contribution in [3.05, 3.63) is 47.7 Å². The van der Waals surface area contributed by atoms with Gasteiger partial charge < -0.3 is 5.73 Å². The molecule has 0 radical (unpaired) electrons. The van der Waals surface area contributed by atoms with E-state index in [0.717, 1.165) is 12.1 Å². The van der Waals surface area contributed by atoms with Crippen molar-refractivity contribution in [1.29, 1.82) is 0 Å². The second kappa shape index (κ2) is 3.34. The molecule has 1 aromatic carbocycles. The molecule has 0 aliphatic heterocycles. The normalized spacial score (nSPS) is 9.83. The van der Waals surface area contributed by atoms with Gasteiger partial charge >= 0.3 is 0 Å². The molecule has 0 aromatic heterocycles. The maximum absolute atomic E-state index is 12.6. The summed E-state index contributed by atoms with van der Waals surface area (Å²) in [4.78, 5) is 0. The van der Waals surface area contributed by atoms with Crippen molar-refractivity contribution in [3.63, 3.8) is 0 Å². The van der Waals surface area contributed by atoms with Gasteiger partial charge in [-0.25, -0.2) is 8.78 Å². The Morgan fingerprint density at radius 2 is 2.00 bits per heavy atom. The molecule has 0 amide bonds. The van der Waals surface area contributed by atoms with Gasteiger partial charge in [-0.2, -0.15) is 0 Å². The second-order valence-electron chi connectivity index (χ2n) is 2.58. The number of allylic oxidation sites excluding steroid dienone is 1. The highest BCUT2D eigenvalue weighted by atomic mass is 19.2. The molecule has 3 heteroatoms. The predicted octanol–water partition coefficient (Wildman–Crippen LogP) is 1.98. The number of rotatable bonds is 2. The third kappa shape index (κ3) is 2.05. The Kier molecular flexibility index (Phi) is 2.43. The molecule has 12 heavy (non-hydrogen) atoms. The fourth-order valence-electron chi connectivity index (χ4n) is 0.912. The third-order valence-corrected chi connectivity index (χ3v) is 1.42. The zero-order valence-corrected chi connectivity index (χ0v) is 6.48. The molecule has 0 atom stereocenters. The Morgan fingerprint density at radius 1 is 1.33 bits per heavy atom. The van der Waals surface area contributed by atoms with Crippen molar-refractivity contribution >= 4 is 0 Å². The lowest BCUT2D eigenvalue weighted by Crippen LogP contribution is -1.99. The molecule has 0 spiro atoms. The van der Waals surface area contributed by atoms with E-state index in [1.165, 1.54) is 6.07 Å². The van der Waals surface area contributed by atoms with Crippen molar-refractivity contribution in [2.75, 3.05) is 0 Å². The summed E-state index contributed by atoms with van der Waals surface area (Å²) < 4.78 is 25.0. The van der Waals surface area contributed by atoms with Gasteiger partial charge in [-0.3, -0.25) is 0 Å². The van der Waals surface area contributed by atoms with E-state index < -0.39 is 11.6 Å². The minimum Gasteiger partial charge on any atom is -0.402 e. The van der Waals surface area contributed by atoms with E-state index in [2.05, 4.69) is 6.58 Å². The fourth-order valence-corrected chi connectivity index (χ4v) is 0.912. The molecule has 0 aliphatic rings. The molecule has 0 aliphatic carbocycles. The average Bonchev–Trinajstić information content (AvgIpc) is 1.96. The molecular formula is C9H9F2N. The first-order valence-electron chi connectivity index (χ1n) is 3.47. The summed E-state index contributed by atoms with van der Waals surface area (Å²) in [5, 5.41) is 0. The number of hydrogen-bond donors (Lipinski definition) is 1. The molecule has 1 nitrogen and oxygen atoms in total. The molecule has 0 saturated heterocycles. The molecule has 0 bridgehead atoms. The van der Waals surface area contributed by atoms with Crippen molar-refractivity contribution in [3.8, 4) is 0 Å². The van der Waals surface area contributed by atoms with Gasteiger partial charge in [-0.1, -0.05) is 12.6 Å². The maximum Gasteiger partial charge on any atom is 0.159 e. The van der Waals surface area contributed by atoms with Gasteiger partial charge in [-0.05, 0) is 17.7 Å². The lowest BCUT2D eigenvalue weighted by Gasteiger charge is -2.00. The first kappa shape index (κ1) is 8.71. The summed E-state index contributed by atoms with van der Waals surface area (Å²) in [6.07, 6.45) is 0.372. The van der Waals surface area contributed by atoms with Crippen LogP contribution in [0.5, 0.6) is 0 Å². The van der Waals surface area contributed by atoms with Gasteiger partial charge in [0.05, 0.1) is 0 Å². The summed E-state index contributed by atoms with van der Waals surface area (Å²) in [7, 11) is 0. The molecule has 2 N–H and O–H groups in total. The highest BCUT2D eigenvalue weighted by molar-refractivity contribution is 5.21. The maximum atomic E-state index is 12.6. The molecule has 64 valence electrons. The molecule has 1 rings (SSSR count). The van der Waals surface area contributed by atoms with Crippen molar-refractivity contribution < 1.29 is 8.78 Å². The van der Waals surface area contributed by atoms with E-state index >= 15 is 0 Å². The van der Waals surface area contributed by atoms with Crippen LogP contribution in [-0.2, 0) is 6.42 Å². The fraction of sp³-hybridized carbons (Fsp3) is 0.111. The van der Waals surface area contributed by atoms with Gasteiger partial charge in [0.1, 0.15) is 0 Å². The molecular weight excluding hydrogens is 160 g/mol. The first-order valence-corrected chi connectivity index (χ1v) is 3.47. The Morgan fingerprint density at radius 3 is 2.50 bits per heavy atom. The van der Waals surface area contributed by atoms with Gasteiger partial charge in [-0.15, -0.1) is 0 Å². The number of halogens is 2. The minimum absolute atomic E-state index is 0.372. The number of hydrogen-bond acceptors (Lipinski definition) is 1. The summed E-state index contributed by atoms with van der Waals surface area (Å²) in [5.74, 6) is -1.70. The lowest BCUT2D eigenvalue weighted by atomic mass is 10.1. The van der Waals surface area contributed by atoms with Gasteiger partial charge in [0.15, 0.2) is 11.6 Å². The van der Waals surface area contributed by atoms with Crippen LogP contribution in [0.15, 0.2) is 30.5 Å². The highest BCUT2D eigenvalue weighted by Gasteiger charge is 2.01. The average molecular weight is 169 g/mol. The Hall–Kier alpha value is -1.38. The molecule has 0 heterocycles. The third-order valence-electron chi connectivity index (χ3n) is 1.42. The summed E-state index contributed by atoms with van der Waals surface area (Å²) in [5.41, 5.74) is 6.36. The van der Waals surface area contributed by atoms with E-state index in [1.54, 1.807) is 0 Å². The Balaban J connectivity index is 2.89. The van der Waals surface area contributed by atoms with Crippen LogP contribution in [-0.4, -0.2) is 0 Å². The zero-order valence-electron chi connectivity index (χ0n) is 6.48. The second-order valence-corrected chi connectivity index (χ2v) is 2.58. The SMILES string of the molecule is C=C(N)Cc1ccc(F)c(F)c1. The molecule has 0 fully saturated rings. The van der Waals surface area contributed by atoms with Gasteiger partial charge in [0, 0.05) is 12.1 Å². The Bertz CT molecular complexity index is 307. The van der Waals surface area contributed by atoms with Crippen LogP contribution in [0.25, 0.3) is 0 Å². The number of benzene rings is 1.